The first-order chi connectivity index (χ1) is 33.8. The van der Waals surface area contributed by atoms with Crippen LogP contribution in [-0.2, 0) is 5.41 Å². The first-order valence-corrected chi connectivity index (χ1v) is 26.4. The molecule has 332 valence electrons. The van der Waals surface area contributed by atoms with E-state index in [1.807, 2.05) is 11.8 Å². The second-order valence-electron chi connectivity index (χ2n) is 22.6. The van der Waals surface area contributed by atoms with Crippen molar-refractivity contribution in [2.45, 2.75) is 80.2 Å². The average molecular weight is 907 g/mol. The van der Waals surface area contributed by atoms with Crippen molar-refractivity contribution in [3.63, 3.8) is 0 Å². The van der Waals surface area contributed by atoms with Crippen LogP contribution in [0.4, 0.5) is 56.9 Å². The highest BCUT2D eigenvalue weighted by Crippen LogP contribution is 2.73. The van der Waals surface area contributed by atoms with Gasteiger partial charge in [0.1, 0.15) is 0 Å². The molecule has 4 fully saturated rings. The van der Waals surface area contributed by atoms with Crippen LogP contribution in [0, 0.1) is 17.3 Å². The Kier molecular flexibility index (Phi) is 7.87. The predicted octanol–water partition coefficient (Wildman–Crippen LogP) is 11.6. The van der Waals surface area contributed by atoms with E-state index < -0.39 is 0 Å². The number of hydrogen-bond acceptors (Lipinski definition) is 5. The van der Waals surface area contributed by atoms with Gasteiger partial charge < -0.3 is 19.6 Å². The van der Waals surface area contributed by atoms with Gasteiger partial charge in [0.05, 0.1) is 0 Å². The zero-order chi connectivity index (χ0) is 45.5. The molecule has 16 rings (SSSR count). The SMILES string of the molecule is CC(C)(C)c1cc2c3c(c1)N(c1ccccc1)c1cc4c(cc1B3c1ccccc1N2c1ccccc1)B1c2ccccc2N(c2ccccc2)c2cc(N3C5CC6CC7CC3CC67C5)cc(c21)S4. The van der Waals surface area contributed by atoms with Gasteiger partial charge in [-0.05, 0) is 167 Å². The summed E-state index contributed by atoms with van der Waals surface area (Å²) in [5, 5.41) is 0. The second-order valence-corrected chi connectivity index (χ2v) is 23.6. The van der Waals surface area contributed by atoms with E-state index in [0.717, 1.165) is 11.8 Å². The monoisotopic (exact) mass is 906 g/mol. The topological polar surface area (TPSA) is 13.0 Å². The van der Waals surface area contributed by atoms with Crippen LogP contribution in [0.3, 0.4) is 0 Å². The Balaban J connectivity index is 0.961. The van der Waals surface area contributed by atoms with E-state index in [-0.39, 0.29) is 18.8 Å². The summed E-state index contributed by atoms with van der Waals surface area (Å²) in [5.74, 6) is 1.88. The minimum atomic E-state index is -0.0803. The van der Waals surface area contributed by atoms with Gasteiger partial charge in [0.25, 0.3) is 6.71 Å². The Morgan fingerprint density at radius 2 is 0.928 bits per heavy atom. The summed E-state index contributed by atoms with van der Waals surface area (Å²) in [6.07, 6.45) is 7.01. The zero-order valence-corrected chi connectivity index (χ0v) is 40.3. The van der Waals surface area contributed by atoms with Crippen LogP contribution in [0.5, 0.6) is 0 Å². The summed E-state index contributed by atoms with van der Waals surface area (Å²) in [7, 11) is 0. The Labute approximate surface area is 411 Å². The summed E-state index contributed by atoms with van der Waals surface area (Å²) >= 11 is 2.03. The molecule has 7 heteroatoms. The van der Waals surface area contributed by atoms with Gasteiger partial charge in [0.15, 0.2) is 0 Å². The molecule has 4 atom stereocenters. The Morgan fingerprint density at radius 1 is 0.435 bits per heavy atom. The molecule has 8 aromatic rings. The Hall–Kier alpha value is -6.56. The van der Waals surface area contributed by atoms with Crippen molar-refractivity contribution in [1.82, 2.24) is 0 Å². The number of hydrogen-bond donors (Lipinski definition) is 0. The fourth-order valence-electron chi connectivity index (χ4n) is 15.5. The van der Waals surface area contributed by atoms with Crippen molar-refractivity contribution in [1.29, 1.82) is 0 Å². The van der Waals surface area contributed by atoms with Crippen LogP contribution >= 0.6 is 11.8 Å². The van der Waals surface area contributed by atoms with Gasteiger partial charge in [-0.3, -0.25) is 0 Å². The number of nitrogens with zero attached hydrogens (tertiary/aromatic N) is 4. The summed E-state index contributed by atoms with van der Waals surface area (Å²) in [4.78, 5) is 13.5. The largest absolute Gasteiger partial charge is 0.365 e. The molecule has 8 aromatic carbocycles. The molecule has 1 spiro atoms. The molecule has 69 heavy (non-hydrogen) atoms. The fraction of sp³-hybridized carbons (Fsp3) is 0.226. The summed E-state index contributed by atoms with van der Waals surface area (Å²) in [6.45, 7) is 7.20. The van der Waals surface area contributed by atoms with Gasteiger partial charge in [-0.2, -0.15) is 0 Å². The van der Waals surface area contributed by atoms with Gasteiger partial charge >= 0.3 is 0 Å². The molecular formula is C62H52B2N4S. The van der Waals surface area contributed by atoms with E-state index in [9.17, 15) is 0 Å². The molecule has 3 aliphatic carbocycles. The van der Waals surface area contributed by atoms with Gasteiger partial charge in [-0.25, -0.2) is 0 Å². The van der Waals surface area contributed by atoms with Crippen LogP contribution in [0.15, 0.2) is 186 Å². The molecule has 3 saturated carbocycles. The van der Waals surface area contributed by atoms with Crippen LogP contribution < -0.4 is 52.4 Å². The normalized spacial score (nSPS) is 23.4. The molecule has 4 nitrogen and oxygen atoms in total. The quantitative estimate of drug-likeness (QED) is 0.163. The van der Waals surface area contributed by atoms with Crippen LogP contribution in [0.25, 0.3) is 0 Å². The van der Waals surface area contributed by atoms with Gasteiger partial charge in [-0.15, -0.1) is 0 Å². The maximum atomic E-state index is 2.95. The third-order valence-electron chi connectivity index (χ3n) is 18.3. The smallest absolute Gasteiger partial charge is 0.252 e. The van der Waals surface area contributed by atoms with E-state index in [2.05, 4.69) is 216 Å². The second kappa shape index (κ2) is 13.8. The molecule has 0 N–H and O–H groups in total. The number of fused-ring (bicyclic) bond motifs is 10. The average Bonchev–Trinajstić information content (AvgIpc) is 3.74. The maximum Gasteiger partial charge on any atom is 0.252 e. The fourth-order valence-corrected chi connectivity index (χ4v) is 16.7. The molecule has 0 amide bonds. The molecule has 1 saturated heterocycles. The first kappa shape index (κ1) is 39.3. The van der Waals surface area contributed by atoms with E-state index in [1.54, 1.807) is 0 Å². The minimum absolute atomic E-state index is 0.0311. The highest BCUT2D eigenvalue weighted by Gasteiger charge is 2.68. The van der Waals surface area contributed by atoms with E-state index >= 15 is 0 Å². The van der Waals surface area contributed by atoms with Crippen molar-refractivity contribution in [2.24, 2.45) is 17.3 Å². The molecule has 5 heterocycles. The number of rotatable bonds is 4. The van der Waals surface area contributed by atoms with Crippen LogP contribution in [0.2, 0.25) is 0 Å². The highest BCUT2D eigenvalue weighted by atomic mass is 32.2. The zero-order valence-electron chi connectivity index (χ0n) is 39.4. The van der Waals surface area contributed by atoms with Crippen LogP contribution in [-0.4, -0.2) is 25.5 Å². The lowest BCUT2D eigenvalue weighted by Gasteiger charge is -2.49. The molecule has 8 aliphatic rings. The van der Waals surface area contributed by atoms with E-state index in [4.69, 9.17) is 0 Å². The summed E-state index contributed by atoms with van der Waals surface area (Å²) in [5.41, 5.74) is 23.0. The Bertz CT molecular complexity index is 3460. The molecule has 0 aromatic heterocycles. The van der Waals surface area contributed by atoms with Crippen molar-refractivity contribution < 1.29 is 0 Å². The number of anilines is 10. The first-order valence-electron chi connectivity index (χ1n) is 25.5. The van der Waals surface area contributed by atoms with Crippen molar-refractivity contribution in [3.05, 3.63) is 181 Å². The predicted molar refractivity (Wildman–Crippen MR) is 292 cm³/mol. The lowest BCUT2D eigenvalue weighted by molar-refractivity contribution is 0.00223. The van der Waals surface area contributed by atoms with Crippen molar-refractivity contribution in [3.8, 4) is 0 Å². The standard InChI is InChI=1S/C62H52B2N4S/c1-61(2,3)38-30-54-59-55(31-38)68(43-21-11-6-12-22-43)53-35-57-50(34-49(53)63(59)47-23-13-15-25-51(47)66(54)41-17-7-4-8-18-41)64-48-24-14-16-26-52(48)67(42-19-9-5-10-20-42)56-32-44(33-58(69-57)60(56)64)65-45-28-39-27-40-29-46(65)37-62(39,40)36-45/h4-26,30-35,39-40,45-46H,27-29,36-37H2,1-3H3. The van der Waals surface area contributed by atoms with Crippen molar-refractivity contribution >= 4 is 115 Å². The van der Waals surface area contributed by atoms with Gasteiger partial charge in [-0.1, -0.05) is 135 Å². The molecular weight excluding hydrogens is 854 g/mol. The summed E-state index contributed by atoms with van der Waals surface area (Å²) in [6, 6.07) is 68.9. The number of para-hydroxylation sites is 5. The van der Waals surface area contributed by atoms with Gasteiger partial charge in [0, 0.05) is 78.7 Å². The van der Waals surface area contributed by atoms with Gasteiger partial charge in [0.2, 0.25) is 6.71 Å². The minimum Gasteiger partial charge on any atom is -0.365 e. The lowest BCUT2D eigenvalue weighted by atomic mass is 9.31. The van der Waals surface area contributed by atoms with E-state index in [1.165, 1.54) is 137 Å². The van der Waals surface area contributed by atoms with Crippen LogP contribution in [0.1, 0.15) is 58.4 Å². The molecule has 0 radical (unpaired) electrons. The molecule has 3 bridgehead atoms. The molecule has 4 unspecified atom stereocenters. The van der Waals surface area contributed by atoms with E-state index in [0.29, 0.717) is 17.5 Å². The highest BCUT2D eigenvalue weighted by molar-refractivity contribution is 8.00. The maximum absolute atomic E-state index is 2.95. The lowest BCUT2D eigenvalue weighted by Crippen LogP contribution is -2.64. The summed E-state index contributed by atoms with van der Waals surface area (Å²) < 4.78 is 0. The third kappa shape index (κ3) is 5.24. The third-order valence-corrected chi connectivity index (χ3v) is 19.4. The molecule has 5 aliphatic heterocycles. The number of piperidine rings is 1. The Morgan fingerprint density at radius 3 is 1.48 bits per heavy atom. The number of benzene rings is 8. The van der Waals surface area contributed by atoms with Crippen molar-refractivity contribution in [2.75, 3.05) is 19.6 Å².